The zero-order valence-electron chi connectivity index (χ0n) is 20.5. The molecule has 190 valence electrons. The van der Waals surface area contributed by atoms with Crippen LogP contribution >= 0.6 is 22.9 Å². The molecule has 1 aromatic carbocycles. The first kappa shape index (κ1) is 23.2. The summed E-state index contributed by atoms with van der Waals surface area (Å²) in [6.45, 7) is 3.54. The molecule has 0 radical (unpaired) electrons. The molecule has 2 aliphatic heterocycles. The zero-order chi connectivity index (χ0) is 24.9. The number of nitrogens with one attached hydrogen (secondary N) is 2. The summed E-state index contributed by atoms with van der Waals surface area (Å²) in [4.78, 5) is 21.1. The van der Waals surface area contributed by atoms with Crippen LogP contribution in [0.3, 0.4) is 0 Å². The van der Waals surface area contributed by atoms with Gasteiger partial charge in [0.25, 0.3) is 5.56 Å². The van der Waals surface area contributed by atoms with Crippen LogP contribution in [0, 0.1) is 0 Å². The van der Waals surface area contributed by atoms with Crippen LogP contribution in [0.2, 0.25) is 5.02 Å². The summed E-state index contributed by atoms with van der Waals surface area (Å²) in [6, 6.07) is 11.1. The third-order valence-corrected chi connectivity index (χ3v) is 9.25. The van der Waals surface area contributed by atoms with E-state index in [0.717, 1.165) is 76.7 Å². The minimum Gasteiger partial charge on any atom is -0.381 e. The normalized spacial score (nSPS) is 17.9. The molecule has 2 N–H and O–H groups in total. The van der Waals surface area contributed by atoms with E-state index in [1.807, 2.05) is 6.20 Å². The summed E-state index contributed by atoms with van der Waals surface area (Å²) >= 11 is 8.33. The fourth-order valence-electron chi connectivity index (χ4n) is 5.65. The SMILES string of the molecule is O=c1cc(NC2CCC2)cnn1Cc1cc2nccc(-c3cc(Cl)cc4c3N(C3CNC3)CCC4)c2s1. The number of aryl methyl sites for hydroxylation is 1. The average Bonchev–Trinajstić information content (AvgIpc) is 3.24. The minimum absolute atomic E-state index is 0.0939. The number of fused-ring (bicyclic) bond motifs is 2. The van der Waals surface area contributed by atoms with Crippen LogP contribution in [-0.2, 0) is 13.0 Å². The molecule has 4 aromatic rings. The largest absolute Gasteiger partial charge is 0.381 e. The summed E-state index contributed by atoms with van der Waals surface area (Å²) in [5.74, 6) is 0. The number of hydrogen-bond acceptors (Lipinski definition) is 7. The smallest absolute Gasteiger partial charge is 0.269 e. The molecule has 3 aromatic heterocycles. The third-order valence-electron chi connectivity index (χ3n) is 7.89. The van der Waals surface area contributed by atoms with Gasteiger partial charge >= 0.3 is 0 Å². The van der Waals surface area contributed by atoms with Gasteiger partial charge in [-0.1, -0.05) is 11.6 Å². The van der Waals surface area contributed by atoms with E-state index in [4.69, 9.17) is 11.6 Å². The lowest BCUT2D eigenvalue weighted by Gasteiger charge is -2.44. The predicted molar refractivity (Wildman–Crippen MR) is 151 cm³/mol. The van der Waals surface area contributed by atoms with E-state index in [-0.39, 0.29) is 5.56 Å². The molecule has 7 rings (SSSR count). The number of hydrogen-bond donors (Lipinski definition) is 2. The molecule has 37 heavy (non-hydrogen) atoms. The van der Waals surface area contributed by atoms with Crippen LogP contribution < -0.4 is 21.1 Å². The van der Waals surface area contributed by atoms with E-state index in [9.17, 15) is 4.79 Å². The van der Waals surface area contributed by atoms with Crippen molar-refractivity contribution in [3.8, 4) is 11.1 Å². The molecular weight excluding hydrogens is 504 g/mol. The molecule has 0 unspecified atom stereocenters. The molecule has 3 aliphatic rings. The van der Waals surface area contributed by atoms with Gasteiger partial charge < -0.3 is 15.5 Å². The highest BCUT2D eigenvalue weighted by atomic mass is 35.5. The number of rotatable bonds is 6. The van der Waals surface area contributed by atoms with E-state index in [1.54, 1.807) is 23.6 Å². The second-order valence-corrected chi connectivity index (χ2v) is 11.9. The van der Waals surface area contributed by atoms with Gasteiger partial charge in [0.05, 0.1) is 34.7 Å². The van der Waals surface area contributed by atoms with Gasteiger partial charge in [0, 0.05) is 64.7 Å². The Balaban J connectivity index is 1.25. The molecule has 9 heteroatoms. The van der Waals surface area contributed by atoms with Crippen LogP contribution in [0.25, 0.3) is 21.3 Å². The Morgan fingerprint density at radius 3 is 2.78 bits per heavy atom. The highest BCUT2D eigenvalue weighted by Gasteiger charge is 2.31. The second-order valence-electron chi connectivity index (χ2n) is 10.4. The zero-order valence-corrected chi connectivity index (χ0v) is 22.1. The molecule has 7 nitrogen and oxygen atoms in total. The standard InChI is InChI=1S/C28H29ClN6OS/c29-18-9-17-3-2-8-34(21-14-30-15-21)27(17)24(10-18)23-6-7-31-25-12-22(37-28(23)25)16-35-26(36)11-20(13-32-35)33-19-4-1-5-19/h6-7,9-13,19,21,30,33H,1-5,8,14-16H2. The number of aromatic nitrogens is 3. The summed E-state index contributed by atoms with van der Waals surface area (Å²) in [7, 11) is 0. The number of halogens is 1. The van der Waals surface area contributed by atoms with Gasteiger partial charge in [-0.05, 0) is 61.9 Å². The maximum Gasteiger partial charge on any atom is 0.269 e. The fourth-order valence-corrected chi connectivity index (χ4v) is 7.01. The Morgan fingerprint density at radius 1 is 1.14 bits per heavy atom. The van der Waals surface area contributed by atoms with Crippen molar-refractivity contribution in [3.05, 3.63) is 68.5 Å². The predicted octanol–water partition coefficient (Wildman–Crippen LogP) is 4.91. The monoisotopic (exact) mass is 532 g/mol. The van der Waals surface area contributed by atoms with Crippen LogP contribution in [0.4, 0.5) is 11.4 Å². The first-order valence-corrected chi connectivity index (χ1v) is 14.3. The fraction of sp³-hybridized carbons (Fsp3) is 0.393. The van der Waals surface area contributed by atoms with Crippen LogP contribution in [-0.4, -0.2) is 46.5 Å². The Labute approximate surface area is 224 Å². The van der Waals surface area contributed by atoms with E-state index >= 15 is 0 Å². The van der Waals surface area contributed by atoms with Crippen molar-refractivity contribution < 1.29 is 0 Å². The third kappa shape index (κ3) is 4.31. The van der Waals surface area contributed by atoms with Gasteiger partial charge in [0.1, 0.15) is 0 Å². The molecule has 0 amide bonds. The number of pyridine rings is 1. The van der Waals surface area contributed by atoms with Crippen molar-refractivity contribution in [2.75, 3.05) is 29.9 Å². The molecule has 5 heterocycles. The topological polar surface area (TPSA) is 75.1 Å². The van der Waals surface area contributed by atoms with E-state index in [0.29, 0.717) is 18.6 Å². The highest BCUT2D eigenvalue weighted by Crippen LogP contribution is 2.44. The van der Waals surface area contributed by atoms with Crippen molar-refractivity contribution in [1.29, 1.82) is 0 Å². The van der Waals surface area contributed by atoms with Crippen LogP contribution in [0.1, 0.15) is 36.1 Å². The van der Waals surface area contributed by atoms with Gasteiger partial charge in [-0.15, -0.1) is 11.3 Å². The molecule has 0 spiro atoms. The lowest BCUT2D eigenvalue weighted by atomic mass is 9.92. The van der Waals surface area contributed by atoms with Crippen molar-refractivity contribution in [2.45, 2.75) is 50.7 Å². The maximum atomic E-state index is 12.8. The Hall–Kier alpha value is -2.94. The van der Waals surface area contributed by atoms with Crippen LogP contribution in [0.5, 0.6) is 0 Å². The summed E-state index contributed by atoms with van der Waals surface area (Å²) < 4.78 is 2.65. The van der Waals surface area contributed by atoms with Crippen molar-refractivity contribution in [2.24, 2.45) is 0 Å². The van der Waals surface area contributed by atoms with Crippen molar-refractivity contribution in [1.82, 2.24) is 20.1 Å². The summed E-state index contributed by atoms with van der Waals surface area (Å²) in [6.07, 6.45) is 9.40. The minimum atomic E-state index is -0.0939. The van der Waals surface area contributed by atoms with Gasteiger partial charge in [-0.25, -0.2) is 4.68 Å². The number of benzene rings is 1. The second kappa shape index (κ2) is 9.42. The molecule has 0 atom stereocenters. The lowest BCUT2D eigenvalue weighted by Crippen LogP contribution is -2.58. The molecule has 1 aliphatic carbocycles. The van der Waals surface area contributed by atoms with E-state index in [1.165, 1.54) is 27.9 Å². The van der Waals surface area contributed by atoms with Gasteiger partial charge in [0.2, 0.25) is 0 Å². The van der Waals surface area contributed by atoms with Crippen molar-refractivity contribution >= 4 is 44.5 Å². The Kier molecular flexibility index (Phi) is 5.91. The maximum absolute atomic E-state index is 12.8. The summed E-state index contributed by atoms with van der Waals surface area (Å²) in [5.41, 5.74) is 6.63. The number of anilines is 2. The van der Waals surface area contributed by atoms with Crippen LogP contribution in [0.15, 0.2) is 47.5 Å². The summed E-state index contributed by atoms with van der Waals surface area (Å²) in [5, 5.41) is 12.1. The average molecular weight is 533 g/mol. The van der Waals surface area contributed by atoms with Gasteiger partial charge in [0.15, 0.2) is 0 Å². The quantitative estimate of drug-likeness (QED) is 0.367. The van der Waals surface area contributed by atoms with E-state index in [2.05, 4.69) is 49.9 Å². The first-order valence-electron chi connectivity index (χ1n) is 13.1. The number of nitrogens with zero attached hydrogens (tertiary/aromatic N) is 4. The highest BCUT2D eigenvalue weighted by molar-refractivity contribution is 7.19. The first-order chi connectivity index (χ1) is 18.1. The molecule has 0 bridgehead atoms. The molecule has 1 saturated carbocycles. The molecule has 1 saturated heterocycles. The lowest BCUT2D eigenvalue weighted by molar-refractivity contribution is 0.406. The Morgan fingerprint density at radius 2 is 2.03 bits per heavy atom. The van der Waals surface area contributed by atoms with Gasteiger partial charge in [-0.3, -0.25) is 9.78 Å². The van der Waals surface area contributed by atoms with Gasteiger partial charge in [-0.2, -0.15) is 5.10 Å². The number of thiophene rings is 1. The Bertz CT molecular complexity index is 1540. The molecule has 2 fully saturated rings. The van der Waals surface area contributed by atoms with Crippen molar-refractivity contribution in [3.63, 3.8) is 0 Å². The van der Waals surface area contributed by atoms with E-state index < -0.39 is 0 Å². The molecular formula is C28H29ClN6OS.